The van der Waals surface area contributed by atoms with Crippen LogP contribution in [0, 0.1) is 0 Å². The number of esters is 1. The Morgan fingerprint density at radius 1 is 0.567 bits per heavy atom. The molecule has 0 bridgehead atoms. The van der Waals surface area contributed by atoms with Crippen molar-refractivity contribution >= 4 is 16.4 Å². The molecule has 1 saturated heterocycles. The number of hydrogen-bond donors (Lipinski definition) is 4. The predicted octanol–water partition coefficient (Wildman–Crippen LogP) is 12.9. The number of hydrogen-bond acceptors (Lipinski definition) is 11. The molecule has 0 aromatic carbocycles. The molecule has 12 nitrogen and oxygen atoms in total. The quantitative estimate of drug-likeness (QED) is 0.0197. The van der Waals surface area contributed by atoms with Gasteiger partial charge in [-0.2, -0.15) is 8.42 Å². The number of rotatable bonds is 48. The summed E-state index contributed by atoms with van der Waals surface area (Å²) in [5.41, 5.74) is 0. The SMILES string of the molecule is CCCCCCC/C=C\C/C=C\C/C=C\CCCCCCCCCCCCCOCC(COC1OC(CO)C(O)C(OS(=O)(=O)O)C1O)OC(=O)CCCCCCCCCCCCCCCC. The van der Waals surface area contributed by atoms with Crippen molar-refractivity contribution in [3.05, 3.63) is 36.5 Å². The Labute approximate surface area is 409 Å². The lowest BCUT2D eigenvalue weighted by Gasteiger charge is -2.41. The van der Waals surface area contributed by atoms with E-state index in [1.807, 2.05) is 0 Å². The summed E-state index contributed by atoms with van der Waals surface area (Å²) in [6.45, 7) is 4.00. The Hall–Kier alpha value is -1.68. The molecule has 0 aromatic heterocycles. The van der Waals surface area contributed by atoms with Crippen molar-refractivity contribution in [3.8, 4) is 0 Å². The van der Waals surface area contributed by atoms with Crippen molar-refractivity contribution in [2.24, 2.45) is 0 Å². The Kier molecular flexibility index (Phi) is 43.0. The first kappa shape index (κ1) is 63.3. The Bertz CT molecular complexity index is 1310. The molecule has 4 N–H and O–H groups in total. The molecule has 1 rings (SSSR count). The second-order valence-electron chi connectivity index (χ2n) is 18.8. The van der Waals surface area contributed by atoms with Crippen LogP contribution in [-0.4, -0.2) is 97.5 Å². The van der Waals surface area contributed by atoms with Crippen LogP contribution in [-0.2, 0) is 38.3 Å². The Morgan fingerprint density at radius 3 is 1.43 bits per heavy atom. The van der Waals surface area contributed by atoms with E-state index in [0.29, 0.717) is 13.0 Å². The molecule has 0 aromatic rings. The minimum atomic E-state index is -5.06. The number of ether oxygens (including phenoxy) is 4. The molecule has 0 radical (unpaired) electrons. The van der Waals surface area contributed by atoms with Crippen LogP contribution in [0.2, 0.25) is 0 Å². The van der Waals surface area contributed by atoms with Gasteiger partial charge in [-0.05, 0) is 51.4 Å². The van der Waals surface area contributed by atoms with E-state index in [1.54, 1.807) is 0 Å². The fourth-order valence-electron chi connectivity index (χ4n) is 8.39. The fourth-order valence-corrected chi connectivity index (χ4v) is 8.90. The summed E-state index contributed by atoms with van der Waals surface area (Å²) in [6.07, 6.45) is 46.1. The summed E-state index contributed by atoms with van der Waals surface area (Å²) in [7, 11) is -5.06. The first-order valence-electron chi connectivity index (χ1n) is 27.2. The molecule has 6 unspecified atom stereocenters. The van der Waals surface area contributed by atoms with Crippen molar-refractivity contribution in [1.82, 2.24) is 0 Å². The lowest BCUT2D eigenvalue weighted by atomic mass is 9.99. The topological polar surface area (TPSA) is 178 Å². The van der Waals surface area contributed by atoms with Gasteiger partial charge in [-0.25, -0.2) is 4.18 Å². The molecular weight excluding hydrogens is 873 g/mol. The predicted molar refractivity (Wildman–Crippen MR) is 271 cm³/mol. The van der Waals surface area contributed by atoms with Gasteiger partial charge in [-0.3, -0.25) is 9.35 Å². The number of aliphatic hydroxyl groups is 3. The lowest BCUT2D eigenvalue weighted by molar-refractivity contribution is -0.301. The molecule has 394 valence electrons. The molecule has 0 amide bonds. The second kappa shape index (κ2) is 45.5. The third-order valence-electron chi connectivity index (χ3n) is 12.5. The van der Waals surface area contributed by atoms with Gasteiger partial charge in [0.1, 0.15) is 30.5 Å². The van der Waals surface area contributed by atoms with Crippen molar-refractivity contribution in [3.63, 3.8) is 0 Å². The molecule has 1 fully saturated rings. The molecule has 6 atom stereocenters. The summed E-state index contributed by atoms with van der Waals surface area (Å²) in [4.78, 5) is 12.9. The summed E-state index contributed by atoms with van der Waals surface area (Å²) in [5, 5.41) is 30.8. The smallest absolute Gasteiger partial charge is 0.397 e. The van der Waals surface area contributed by atoms with Crippen LogP contribution in [0.4, 0.5) is 0 Å². The van der Waals surface area contributed by atoms with Crippen LogP contribution in [0.5, 0.6) is 0 Å². The Morgan fingerprint density at radius 2 is 0.985 bits per heavy atom. The zero-order chi connectivity index (χ0) is 48.9. The standard InChI is InChI=1S/C54H100O12S/c1-3-5-7-9-11-13-15-17-19-20-21-22-23-24-25-26-27-28-29-30-32-34-36-38-40-42-44-62-46-48(47-63-54-52(58)53(66-67(59,60)61)51(57)49(45-55)65-54)64-50(56)43-41-39-37-35-33-31-18-16-14-12-10-8-6-4-2/h15,17,20-21,23-24,48-49,51-55,57-58H,3-14,16,18-19,22,25-47H2,1-2H3,(H,59,60,61)/b17-15-,21-20-,24-23-. The molecular formula is C54H100O12S. The lowest BCUT2D eigenvalue weighted by Crippen LogP contribution is -2.60. The minimum Gasteiger partial charge on any atom is -0.457 e. The maximum atomic E-state index is 12.9. The van der Waals surface area contributed by atoms with Crippen molar-refractivity contribution < 1.29 is 56.2 Å². The molecule has 13 heteroatoms. The number of allylic oxidation sites excluding steroid dienone is 6. The van der Waals surface area contributed by atoms with Crippen LogP contribution in [0.25, 0.3) is 0 Å². The van der Waals surface area contributed by atoms with Gasteiger partial charge in [0.25, 0.3) is 0 Å². The van der Waals surface area contributed by atoms with Crippen molar-refractivity contribution in [2.75, 3.05) is 26.4 Å². The largest absolute Gasteiger partial charge is 0.457 e. The molecule has 67 heavy (non-hydrogen) atoms. The summed E-state index contributed by atoms with van der Waals surface area (Å²) >= 11 is 0. The maximum absolute atomic E-state index is 12.9. The van der Waals surface area contributed by atoms with Gasteiger partial charge >= 0.3 is 16.4 Å². The van der Waals surface area contributed by atoms with E-state index in [4.69, 9.17) is 18.9 Å². The van der Waals surface area contributed by atoms with E-state index in [2.05, 4.69) is 54.5 Å². The first-order valence-corrected chi connectivity index (χ1v) is 28.6. The fraction of sp³-hybridized carbons (Fsp3) is 0.870. The van der Waals surface area contributed by atoms with Gasteiger partial charge in [0.05, 0.1) is 19.8 Å². The van der Waals surface area contributed by atoms with Crippen LogP contribution in [0.1, 0.15) is 239 Å². The molecule has 1 aliphatic heterocycles. The highest BCUT2D eigenvalue weighted by Crippen LogP contribution is 2.26. The number of carbonyl (C=O) groups is 1. The van der Waals surface area contributed by atoms with E-state index in [0.717, 1.165) is 51.4 Å². The van der Waals surface area contributed by atoms with Gasteiger partial charge in [0.2, 0.25) is 0 Å². The van der Waals surface area contributed by atoms with Crippen LogP contribution in [0.3, 0.4) is 0 Å². The molecule has 0 spiro atoms. The molecule has 1 aliphatic rings. The minimum absolute atomic E-state index is 0.0371. The highest BCUT2D eigenvalue weighted by Gasteiger charge is 2.48. The van der Waals surface area contributed by atoms with Crippen LogP contribution >= 0.6 is 0 Å². The molecule has 0 aliphatic carbocycles. The number of carbonyl (C=O) groups excluding carboxylic acids is 1. The monoisotopic (exact) mass is 973 g/mol. The number of aliphatic hydroxyl groups excluding tert-OH is 3. The molecule has 0 saturated carbocycles. The second-order valence-corrected chi connectivity index (χ2v) is 19.9. The van der Waals surface area contributed by atoms with Crippen molar-refractivity contribution in [1.29, 1.82) is 0 Å². The van der Waals surface area contributed by atoms with Gasteiger partial charge in [-0.15, -0.1) is 0 Å². The average Bonchev–Trinajstić information content (AvgIpc) is 3.30. The van der Waals surface area contributed by atoms with E-state index < -0.39 is 59.8 Å². The molecule has 1 heterocycles. The van der Waals surface area contributed by atoms with Gasteiger partial charge < -0.3 is 34.3 Å². The van der Waals surface area contributed by atoms with Gasteiger partial charge in [0, 0.05) is 13.0 Å². The van der Waals surface area contributed by atoms with E-state index in [1.165, 1.54) is 161 Å². The maximum Gasteiger partial charge on any atom is 0.397 e. The summed E-state index contributed by atoms with van der Waals surface area (Å²) in [6, 6.07) is 0. The first-order chi connectivity index (χ1) is 32.6. The normalized spacial score (nSPS) is 19.6. The van der Waals surface area contributed by atoms with E-state index in [-0.39, 0.29) is 19.6 Å². The third-order valence-corrected chi connectivity index (χ3v) is 13.0. The van der Waals surface area contributed by atoms with Gasteiger partial charge in [-0.1, -0.05) is 217 Å². The highest BCUT2D eigenvalue weighted by molar-refractivity contribution is 7.80. The Balaban J connectivity index is 2.29. The summed E-state index contributed by atoms with van der Waals surface area (Å²) < 4.78 is 59.3. The van der Waals surface area contributed by atoms with E-state index >= 15 is 0 Å². The third kappa shape index (κ3) is 38.7. The highest BCUT2D eigenvalue weighted by atomic mass is 32.3. The zero-order valence-electron chi connectivity index (χ0n) is 42.5. The van der Waals surface area contributed by atoms with Gasteiger partial charge in [0.15, 0.2) is 6.29 Å². The van der Waals surface area contributed by atoms with Crippen molar-refractivity contribution in [2.45, 2.75) is 275 Å². The number of unbranched alkanes of at least 4 members (excludes halogenated alkanes) is 29. The zero-order valence-corrected chi connectivity index (χ0v) is 43.3. The average molecular weight is 973 g/mol. The van der Waals surface area contributed by atoms with Crippen LogP contribution in [0.15, 0.2) is 36.5 Å². The van der Waals surface area contributed by atoms with E-state index in [9.17, 15) is 33.1 Å². The van der Waals surface area contributed by atoms with Crippen LogP contribution < -0.4 is 0 Å². The summed E-state index contributed by atoms with van der Waals surface area (Å²) in [5.74, 6) is -0.397.